The Balaban J connectivity index is 1.59. The Hall–Kier alpha value is -2.19. The number of pyridine rings is 1. The Kier molecular flexibility index (Phi) is 4.32. The van der Waals surface area contributed by atoms with Crippen LogP contribution in [0.25, 0.3) is 11.1 Å². The van der Waals surface area contributed by atoms with Crippen molar-refractivity contribution >= 4 is 34.4 Å². The minimum atomic E-state index is -0.493. The van der Waals surface area contributed by atoms with Crippen molar-refractivity contribution in [2.75, 3.05) is 17.6 Å². The SMILES string of the molecule is CC1(C)CNC(c2cc(Nc3noc4cc(F)cnc34)ccc2F)CS1. The van der Waals surface area contributed by atoms with Gasteiger partial charge in [-0.2, -0.15) is 11.8 Å². The highest BCUT2D eigenvalue weighted by Crippen LogP contribution is 2.35. The molecular weight excluding hydrogens is 358 g/mol. The molecule has 8 heteroatoms. The van der Waals surface area contributed by atoms with Crippen molar-refractivity contribution in [2.45, 2.75) is 24.6 Å². The standard InChI is InChI=1S/C18H18F2N4OS/c1-18(2)9-22-14(8-26-18)12-6-11(3-4-13(12)20)23-17-16-15(25-24-17)5-10(19)7-21-16/h3-7,14,22H,8-9H2,1-2H3,(H,23,24). The number of nitrogens with one attached hydrogen (secondary N) is 2. The molecule has 26 heavy (non-hydrogen) atoms. The molecule has 5 nitrogen and oxygen atoms in total. The first-order valence-electron chi connectivity index (χ1n) is 8.26. The van der Waals surface area contributed by atoms with Crippen LogP contribution in [-0.4, -0.2) is 27.2 Å². The van der Waals surface area contributed by atoms with Gasteiger partial charge in [-0.25, -0.2) is 13.8 Å². The van der Waals surface area contributed by atoms with E-state index in [0.717, 1.165) is 18.5 Å². The van der Waals surface area contributed by atoms with E-state index in [-0.39, 0.29) is 22.2 Å². The number of aromatic nitrogens is 2. The molecule has 1 aliphatic heterocycles. The molecule has 1 unspecified atom stereocenters. The first-order chi connectivity index (χ1) is 12.4. The van der Waals surface area contributed by atoms with E-state index in [0.29, 0.717) is 22.6 Å². The summed E-state index contributed by atoms with van der Waals surface area (Å²) in [5.41, 5.74) is 1.94. The Morgan fingerprint density at radius 1 is 1.31 bits per heavy atom. The fraction of sp³-hybridized carbons (Fsp3) is 0.333. The minimum absolute atomic E-state index is 0.0592. The highest BCUT2D eigenvalue weighted by Gasteiger charge is 2.29. The van der Waals surface area contributed by atoms with Crippen LogP contribution in [0.4, 0.5) is 20.3 Å². The number of nitrogens with zero attached hydrogens (tertiary/aromatic N) is 2. The minimum Gasteiger partial charge on any atom is -0.352 e. The predicted molar refractivity (Wildman–Crippen MR) is 98.7 cm³/mol. The fourth-order valence-electron chi connectivity index (χ4n) is 2.90. The molecule has 4 rings (SSSR count). The van der Waals surface area contributed by atoms with Crippen LogP contribution in [0.2, 0.25) is 0 Å². The average Bonchev–Trinajstić information content (AvgIpc) is 2.99. The number of anilines is 2. The lowest BCUT2D eigenvalue weighted by atomic mass is 10.0. The molecular formula is C18H18F2N4OS. The zero-order chi connectivity index (χ0) is 18.3. The number of hydrogen-bond donors (Lipinski definition) is 2. The number of benzene rings is 1. The van der Waals surface area contributed by atoms with Gasteiger partial charge in [-0.15, -0.1) is 0 Å². The quantitative estimate of drug-likeness (QED) is 0.706. The van der Waals surface area contributed by atoms with Crippen molar-refractivity contribution in [3.05, 3.63) is 47.7 Å². The van der Waals surface area contributed by atoms with Crippen LogP contribution in [0.15, 0.2) is 35.0 Å². The molecule has 3 aromatic rings. The van der Waals surface area contributed by atoms with Crippen LogP contribution in [-0.2, 0) is 0 Å². The molecule has 2 N–H and O–H groups in total. The third-order valence-corrected chi connectivity index (χ3v) is 5.75. The van der Waals surface area contributed by atoms with Gasteiger partial charge in [-0.1, -0.05) is 5.16 Å². The van der Waals surface area contributed by atoms with E-state index in [1.165, 1.54) is 12.1 Å². The van der Waals surface area contributed by atoms with Crippen molar-refractivity contribution in [1.29, 1.82) is 0 Å². The number of fused-ring (bicyclic) bond motifs is 1. The molecule has 0 radical (unpaired) electrons. The average molecular weight is 376 g/mol. The summed E-state index contributed by atoms with van der Waals surface area (Å²) in [4.78, 5) is 4.00. The first kappa shape index (κ1) is 17.2. The molecule has 0 bridgehead atoms. The Morgan fingerprint density at radius 3 is 2.92 bits per heavy atom. The van der Waals surface area contributed by atoms with E-state index in [1.807, 2.05) is 11.8 Å². The van der Waals surface area contributed by atoms with E-state index in [4.69, 9.17) is 4.52 Å². The normalized spacial score (nSPS) is 19.6. The second-order valence-corrected chi connectivity index (χ2v) is 8.62. The van der Waals surface area contributed by atoms with Gasteiger partial charge < -0.3 is 15.2 Å². The fourth-order valence-corrected chi connectivity index (χ4v) is 4.00. The Bertz CT molecular complexity index is 950. The molecule has 0 aliphatic carbocycles. The zero-order valence-corrected chi connectivity index (χ0v) is 15.2. The number of halogens is 2. The van der Waals surface area contributed by atoms with Gasteiger partial charge in [0.05, 0.1) is 6.20 Å². The van der Waals surface area contributed by atoms with Gasteiger partial charge in [0, 0.05) is 40.4 Å². The van der Waals surface area contributed by atoms with Gasteiger partial charge in [0.2, 0.25) is 5.82 Å². The maximum absolute atomic E-state index is 14.4. The van der Waals surface area contributed by atoms with E-state index >= 15 is 0 Å². The lowest BCUT2D eigenvalue weighted by molar-refractivity contribution is 0.458. The molecule has 0 saturated carbocycles. The topological polar surface area (TPSA) is 63.0 Å². The van der Waals surface area contributed by atoms with Gasteiger partial charge >= 0.3 is 0 Å². The summed E-state index contributed by atoms with van der Waals surface area (Å²) in [5, 5.41) is 10.4. The van der Waals surface area contributed by atoms with E-state index < -0.39 is 5.82 Å². The summed E-state index contributed by atoms with van der Waals surface area (Å²) in [6.45, 7) is 5.14. The van der Waals surface area contributed by atoms with Crippen LogP contribution in [0, 0.1) is 11.6 Å². The van der Waals surface area contributed by atoms with E-state index in [1.54, 1.807) is 12.1 Å². The lowest BCUT2D eigenvalue weighted by Gasteiger charge is -2.35. The van der Waals surface area contributed by atoms with Gasteiger partial charge in [-0.05, 0) is 32.0 Å². The summed E-state index contributed by atoms with van der Waals surface area (Å²) in [7, 11) is 0. The molecule has 1 aliphatic rings. The number of hydrogen-bond acceptors (Lipinski definition) is 6. The molecule has 0 spiro atoms. The largest absolute Gasteiger partial charge is 0.352 e. The van der Waals surface area contributed by atoms with E-state index in [9.17, 15) is 8.78 Å². The highest BCUT2D eigenvalue weighted by atomic mass is 32.2. The van der Waals surface area contributed by atoms with Crippen LogP contribution in [0.1, 0.15) is 25.5 Å². The lowest BCUT2D eigenvalue weighted by Crippen LogP contribution is -2.41. The summed E-state index contributed by atoms with van der Waals surface area (Å²) in [6.07, 6.45) is 1.10. The van der Waals surface area contributed by atoms with Gasteiger partial charge in [0.1, 0.15) is 11.6 Å². The predicted octanol–water partition coefficient (Wildman–Crippen LogP) is 4.40. The summed E-state index contributed by atoms with van der Waals surface area (Å²) in [6, 6.07) is 5.98. The monoisotopic (exact) mass is 376 g/mol. The summed E-state index contributed by atoms with van der Waals surface area (Å²) >= 11 is 1.82. The molecule has 136 valence electrons. The Morgan fingerprint density at radius 2 is 2.15 bits per heavy atom. The van der Waals surface area contributed by atoms with Crippen LogP contribution in [0.5, 0.6) is 0 Å². The number of rotatable bonds is 3. The molecule has 3 heterocycles. The van der Waals surface area contributed by atoms with Gasteiger partial charge in [0.25, 0.3) is 0 Å². The molecule has 1 fully saturated rings. The molecule has 1 atom stereocenters. The molecule has 1 aromatic carbocycles. The van der Waals surface area contributed by atoms with Gasteiger partial charge in [-0.3, -0.25) is 0 Å². The van der Waals surface area contributed by atoms with Crippen molar-refractivity contribution in [2.24, 2.45) is 0 Å². The first-order valence-corrected chi connectivity index (χ1v) is 9.25. The summed E-state index contributed by atoms with van der Waals surface area (Å²) < 4.78 is 32.8. The second-order valence-electron chi connectivity index (χ2n) is 6.90. The van der Waals surface area contributed by atoms with Crippen molar-refractivity contribution < 1.29 is 13.3 Å². The molecule has 1 saturated heterocycles. The van der Waals surface area contributed by atoms with Crippen molar-refractivity contribution in [3.63, 3.8) is 0 Å². The zero-order valence-electron chi connectivity index (χ0n) is 14.3. The van der Waals surface area contributed by atoms with Crippen molar-refractivity contribution in [3.8, 4) is 0 Å². The number of thioether (sulfide) groups is 1. The van der Waals surface area contributed by atoms with E-state index in [2.05, 4.69) is 34.6 Å². The van der Waals surface area contributed by atoms with Crippen molar-refractivity contribution in [1.82, 2.24) is 15.5 Å². The maximum Gasteiger partial charge on any atom is 0.200 e. The Labute approximate surface area is 153 Å². The highest BCUT2D eigenvalue weighted by molar-refractivity contribution is 8.00. The molecule has 2 aromatic heterocycles. The third-order valence-electron chi connectivity index (χ3n) is 4.33. The smallest absolute Gasteiger partial charge is 0.200 e. The van der Waals surface area contributed by atoms with Crippen LogP contribution < -0.4 is 10.6 Å². The summed E-state index contributed by atoms with van der Waals surface area (Å²) in [5.74, 6) is 0.414. The van der Waals surface area contributed by atoms with Crippen LogP contribution >= 0.6 is 11.8 Å². The second kappa shape index (κ2) is 6.51. The van der Waals surface area contributed by atoms with Gasteiger partial charge in [0.15, 0.2) is 11.1 Å². The maximum atomic E-state index is 14.4. The molecule has 0 amide bonds. The van der Waals surface area contributed by atoms with Crippen LogP contribution in [0.3, 0.4) is 0 Å². The third kappa shape index (κ3) is 3.39.